The first-order valence-electron chi connectivity index (χ1n) is 7.49. The van der Waals surface area contributed by atoms with Gasteiger partial charge in [-0.1, -0.05) is 17.7 Å². The Hall–Kier alpha value is -2.72. The number of fused-ring (bicyclic) bond motifs is 1. The zero-order valence-electron chi connectivity index (χ0n) is 12.9. The van der Waals surface area contributed by atoms with Crippen molar-refractivity contribution in [2.24, 2.45) is 0 Å². The van der Waals surface area contributed by atoms with Gasteiger partial charge in [0.25, 0.3) is 0 Å². The number of nitrogens with zero attached hydrogens (tertiary/aromatic N) is 3. The van der Waals surface area contributed by atoms with Crippen LogP contribution in [0.4, 0.5) is 4.39 Å². The summed E-state index contributed by atoms with van der Waals surface area (Å²) >= 11 is 6.44. The van der Waals surface area contributed by atoms with E-state index in [0.29, 0.717) is 5.15 Å². The van der Waals surface area contributed by atoms with Crippen LogP contribution in [0.15, 0.2) is 60.9 Å². The van der Waals surface area contributed by atoms with Gasteiger partial charge in [0.05, 0.1) is 5.52 Å². The van der Waals surface area contributed by atoms with Crippen LogP contribution in [-0.4, -0.2) is 14.6 Å². The van der Waals surface area contributed by atoms with Crippen LogP contribution in [-0.2, 0) is 0 Å². The van der Waals surface area contributed by atoms with Crippen molar-refractivity contribution in [3.63, 3.8) is 0 Å². The van der Waals surface area contributed by atoms with E-state index in [1.807, 2.05) is 31.2 Å². The molecule has 4 aromatic rings. The monoisotopic (exact) mass is 337 g/mol. The second-order valence-corrected chi connectivity index (χ2v) is 5.93. The lowest BCUT2D eigenvalue weighted by Gasteiger charge is -2.04. The largest absolute Gasteiger partial charge is 0.265 e. The fourth-order valence-electron chi connectivity index (χ4n) is 2.79. The van der Waals surface area contributed by atoms with Gasteiger partial charge in [0, 0.05) is 23.5 Å². The summed E-state index contributed by atoms with van der Waals surface area (Å²) in [5.74, 6) is -0.276. The Bertz CT molecular complexity index is 1020. The maximum absolute atomic E-state index is 13.3. The molecule has 0 aliphatic heterocycles. The average molecular weight is 338 g/mol. The number of pyridine rings is 2. The van der Waals surface area contributed by atoms with Crippen LogP contribution < -0.4 is 0 Å². The van der Waals surface area contributed by atoms with Gasteiger partial charge in [0.1, 0.15) is 16.7 Å². The first kappa shape index (κ1) is 14.8. The highest BCUT2D eigenvalue weighted by Crippen LogP contribution is 2.36. The van der Waals surface area contributed by atoms with E-state index in [1.54, 1.807) is 29.0 Å². The van der Waals surface area contributed by atoms with Gasteiger partial charge in [-0.05, 0) is 60.5 Å². The molecule has 3 nitrogen and oxygen atoms in total. The quantitative estimate of drug-likeness (QED) is 0.473. The number of benzene rings is 1. The molecular weight excluding hydrogens is 325 g/mol. The summed E-state index contributed by atoms with van der Waals surface area (Å²) in [6.45, 7) is 1.94. The molecule has 3 heterocycles. The van der Waals surface area contributed by atoms with Crippen molar-refractivity contribution in [3.05, 3.63) is 77.5 Å². The highest BCUT2D eigenvalue weighted by atomic mass is 35.5. The van der Waals surface area contributed by atoms with Crippen molar-refractivity contribution in [1.29, 1.82) is 0 Å². The van der Waals surface area contributed by atoms with Crippen molar-refractivity contribution in [2.75, 3.05) is 0 Å². The molecule has 0 aliphatic carbocycles. The van der Waals surface area contributed by atoms with E-state index in [2.05, 4.69) is 4.98 Å². The molecule has 0 atom stereocenters. The maximum atomic E-state index is 13.3. The molecule has 118 valence electrons. The molecule has 4 rings (SSSR count). The lowest BCUT2D eigenvalue weighted by Crippen LogP contribution is -1.91. The predicted molar refractivity (Wildman–Crippen MR) is 93.6 cm³/mol. The molecule has 0 amide bonds. The SMILES string of the molecule is Cc1ccc2c(-c3ccncc3)c(-c3ccc(F)cc3)nn2c1Cl. The Morgan fingerprint density at radius 2 is 1.62 bits per heavy atom. The summed E-state index contributed by atoms with van der Waals surface area (Å²) in [4.78, 5) is 4.08. The molecule has 0 saturated heterocycles. The molecular formula is C19H13ClFN3. The van der Waals surface area contributed by atoms with E-state index in [9.17, 15) is 4.39 Å². The van der Waals surface area contributed by atoms with E-state index in [-0.39, 0.29) is 5.82 Å². The number of hydrogen-bond donors (Lipinski definition) is 0. The van der Waals surface area contributed by atoms with Gasteiger partial charge in [-0.25, -0.2) is 8.91 Å². The van der Waals surface area contributed by atoms with Gasteiger partial charge in [-0.15, -0.1) is 0 Å². The lowest BCUT2D eigenvalue weighted by atomic mass is 10.0. The standard InChI is InChI=1S/C19H13ClFN3/c1-12-2-7-16-17(13-8-10-22-11-9-13)18(23-24(16)19(12)20)14-3-5-15(21)6-4-14/h2-11H,1H3. The Labute approximate surface area is 143 Å². The third kappa shape index (κ3) is 2.36. The van der Waals surface area contributed by atoms with Gasteiger partial charge >= 0.3 is 0 Å². The summed E-state index contributed by atoms with van der Waals surface area (Å²) in [5, 5.41) is 5.26. The highest BCUT2D eigenvalue weighted by Gasteiger charge is 2.18. The molecule has 1 aromatic carbocycles. The minimum Gasteiger partial charge on any atom is -0.265 e. The van der Waals surface area contributed by atoms with Crippen molar-refractivity contribution in [2.45, 2.75) is 6.92 Å². The van der Waals surface area contributed by atoms with Crippen LogP contribution in [0.3, 0.4) is 0 Å². The second-order valence-electron chi connectivity index (χ2n) is 5.57. The Balaban J connectivity index is 2.08. The summed E-state index contributed by atoms with van der Waals surface area (Å²) in [5.41, 5.74) is 5.37. The van der Waals surface area contributed by atoms with Crippen LogP contribution >= 0.6 is 11.6 Å². The van der Waals surface area contributed by atoms with E-state index in [0.717, 1.165) is 33.5 Å². The topological polar surface area (TPSA) is 30.2 Å². The highest BCUT2D eigenvalue weighted by molar-refractivity contribution is 6.30. The molecule has 5 heteroatoms. The summed E-state index contributed by atoms with van der Waals surface area (Å²) < 4.78 is 15.0. The molecule has 0 saturated carbocycles. The number of hydrogen-bond acceptors (Lipinski definition) is 2. The zero-order valence-corrected chi connectivity index (χ0v) is 13.6. The minimum atomic E-state index is -0.276. The first-order chi connectivity index (χ1) is 11.6. The molecule has 0 fully saturated rings. The van der Waals surface area contributed by atoms with Crippen LogP contribution in [0.1, 0.15) is 5.56 Å². The number of aromatic nitrogens is 3. The van der Waals surface area contributed by atoms with Crippen LogP contribution in [0.5, 0.6) is 0 Å². The zero-order chi connectivity index (χ0) is 16.7. The van der Waals surface area contributed by atoms with Gasteiger partial charge in [-0.2, -0.15) is 5.10 Å². The van der Waals surface area contributed by atoms with Crippen LogP contribution in [0.25, 0.3) is 27.9 Å². The van der Waals surface area contributed by atoms with Gasteiger partial charge in [0.2, 0.25) is 0 Å². The van der Waals surface area contributed by atoms with Gasteiger partial charge in [0.15, 0.2) is 0 Å². The molecule has 24 heavy (non-hydrogen) atoms. The van der Waals surface area contributed by atoms with Crippen molar-refractivity contribution in [1.82, 2.24) is 14.6 Å². The Morgan fingerprint density at radius 1 is 0.917 bits per heavy atom. The first-order valence-corrected chi connectivity index (χ1v) is 7.87. The predicted octanol–water partition coefficient (Wildman–Crippen LogP) is 5.16. The van der Waals surface area contributed by atoms with Crippen molar-refractivity contribution >= 4 is 17.1 Å². The smallest absolute Gasteiger partial charge is 0.134 e. The number of rotatable bonds is 2. The molecule has 3 aromatic heterocycles. The molecule has 0 N–H and O–H groups in total. The summed E-state index contributed by atoms with van der Waals surface area (Å²) in [6.07, 6.45) is 3.48. The number of halogens is 2. The fourth-order valence-corrected chi connectivity index (χ4v) is 2.98. The fraction of sp³-hybridized carbons (Fsp3) is 0.0526. The normalized spacial score (nSPS) is 11.1. The number of aryl methyl sites for hydroxylation is 1. The summed E-state index contributed by atoms with van der Waals surface area (Å²) in [7, 11) is 0. The maximum Gasteiger partial charge on any atom is 0.134 e. The van der Waals surface area contributed by atoms with Gasteiger partial charge < -0.3 is 0 Å². The van der Waals surface area contributed by atoms with Gasteiger partial charge in [-0.3, -0.25) is 4.98 Å². The Kier molecular flexibility index (Phi) is 3.54. The molecule has 0 spiro atoms. The van der Waals surface area contributed by atoms with Crippen LogP contribution in [0.2, 0.25) is 5.15 Å². The third-order valence-electron chi connectivity index (χ3n) is 4.01. The second kappa shape index (κ2) is 5.73. The average Bonchev–Trinajstić information content (AvgIpc) is 3.00. The van der Waals surface area contributed by atoms with Crippen LogP contribution in [0, 0.1) is 12.7 Å². The van der Waals surface area contributed by atoms with E-state index in [1.165, 1.54) is 12.1 Å². The van der Waals surface area contributed by atoms with E-state index in [4.69, 9.17) is 16.7 Å². The molecule has 0 bridgehead atoms. The van der Waals surface area contributed by atoms with Crippen molar-refractivity contribution in [3.8, 4) is 22.4 Å². The van der Waals surface area contributed by atoms with E-state index >= 15 is 0 Å². The molecule has 0 aliphatic rings. The van der Waals surface area contributed by atoms with E-state index < -0.39 is 0 Å². The lowest BCUT2D eigenvalue weighted by molar-refractivity contribution is 0.628. The summed E-state index contributed by atoms with van der Waals surface area (Å²) in [6, 6.07) is 14.1. The molecule has 0 unspecified atom stereocenters. The van der Waals surface area contributed by atoms with Crippen molar-refractivity contribution < 1.29 is 4.39 Å². The minimum absolute atomic E-state index is 0.276. The molecule has 0 radical (unpaired) electrons. The Morgan fingerprint density at radius 3 is 2.33 bits per heavy atom. The third-order valence-corrected chi connectivity index (χ3v) is 4.47.